The summed E-state index contributed by atoms with van der Waals surface area (Å²) in [6.45, 7) is 0. The van der Waals surface area contributed by atoms with Crippen LogP contribution in [0.5, 0.6) is 0 Å². The van der Waals surface area contributed by atoms with Crippen LogP contribution in [0, 0.1) is 0 Å². The molecule has 2 aromatic carbocycles. The number of carboxylic acids is 1. The zero-order valence-electron chi connectivity index (χ0n) is 13.6. The minimum atomic E-state index is -1.01. The number of carboxylic acid groups (broad SMARTS) is 1. The van der Waals surface area contributed by atoms with Gasteiger partial charge in [-0.25, -0.2) is 9.78 Å². The molecule has 1 amide bonds. The molecule has 0 aliphatic carbocycles. The first-order valence-corrected chi connectivity index (χ1v) is 8.38. The van der Waals surface area contributed by atoms with Gasteiger partial charge in [0.15, 0.2) is 0 Å². The summed E-state index contributed by atoms with van der Waals surface area (Å²) in [5.74, 6) is -1.04. The van der Waals surface area contributed by atoms with Crippen molar-refractivity contribution in [3.05, 3.63) is 75.9 Å². The molecule has 0 aliphatic rings. The number of carbonyl (C=O) groups is 2. The van der Waals surface area contributed by atoms with E-state index in [1.165, 1.54) is 24.4 Å². The first kappa shape index (κ1) is 18.6. The summed E-state index contributed by atoms with van der Waals surface area (Å²) in [6.07, 6.45) is 1.46. The number of carbonyl (C=O) groups excluding carboxylic acids is 1. The standard InChI is InChI=1S/C18H12Cl2N4O3/c19-12-2-1-3-13(20)15(12)16(25)23-14-8-9-21-18(24-14)22-11-6-4-10(5-7-11)17(26)27/h1-9H,(H,26,27)(H2,21,22,23,24,25). The molecule has 7 nitrogen and oxygen atoms in total. The van der Waals surface area contributed by atoms with Crippen molar-refractivity contribution in [3.63, 3.8) is 0 Å². The number of nitrogens with zero attached hydrogens (tertiary/aromatic N) is 2. The van der Waals surface area contributed by atoms with Crippen LogP contribution in [0.1, 0.15) is 20.7 Å². The summed E-state index contributed by atoms with van der Waals surface area (Å²) in [5.41, 5.74) is 0.912. The van der Waals surface area contributed by atoms with Crippen LogP contribution >= 0.6 is 23.2 Å². The Morgan fingerprint density at radius 3 is 2.26 bits per heavy atom. The predicted molar refractivity (Wildman–Crippen MR) is 103 cm³/mol. The molecule has 0 unspecified atom stereocenters. The molecule has 0 radical (unpaired) electrons. The minimum absolute atomic E-state index is 0.151. The van der Waals surface area contributed by atoms with Gasteiger partial charge in [0.2, 0.25) is 5.95 Å². The second kappa shape index (κ2) is 8.03. The van der Waals surface area contributed by atoms with Crippen molar-refractivity contribution in [3.8, 4) is 0 Å². The van der Waals surface area contributed by atoms with Gasteiger partial charge in [-0.2, -0.15) is 4.98 Å². The molecule has 0 bridgehead atoms. The summed E-state index contributed by atoms with van der Waals surface area (Å²) < 4.78 is 0. The molecule has 3 rings (SSSR count). The Bertz CT molecular complexity index is 989. The molecule has 9 heteroatoms. The molecule has 27 heavy (non-hydrogen) atoms. The molecule has 1 aromatic heterocycles. The highest BCUT2D eigenvalue weighted by Gasteiger charge is 2.15. The Hall–Kier alpha value is -3.16. The number of rotatable bonds is 5. The number of nitrogens with one attached hydrogen (secondary N) is 2. The van der Waals surface area contributed by atoms with Crippen molar-refractivity contribution < 1.29 is 14.7 Å². The molecule has 0 aliphatic heterocycles. The van der Waals surface area contributed by atoms with E-state index in [-0.39, 0.29) is 32.9 Å². The van der Waals surface area contributed by atoms with Crippen molar-refractivity contribution >= 4 is 52.5 Å². The number of halogens is 2. The van der Waals surface area contributed by atoms with E-state index in [4.69, 9.17) is 28.3 Å². The lowest BCUT2D eigenvalue weighted by atomic mass is 10.2. The van der Waals surface area contributed by atoms with Gasteiger partial charge >= 0.3 is 5.97 Å². The molecule has 0 saturated carbocycles. The van der Waals surface area contributed by atoms with Crippen LogP contribution in [-0.2, 0) is 0 Å². The van der Waals surface area contributed by atoms with Gasteiger partial charge in [0, 0.05) is 11.9 Å². The van der Waals surface area contributed by atoms with Crippen LogP contribution in [0.15, 0.2) is 54.7 Å². The van der Waals surface area contributed by atoms with E-state index >= 15 is 0 Å². The quantitative estimate of drug-likeness (QED) is 0.581. The van der Waals surface area contributed by atoms with Gasteiger partial charge in [0.05, 0.1) is 21.2 Å². The lowest BCUT2D eigenvalue weighted by Gasteiger charge is -2.09. The maximum Gasteiger partial charge on any atom is 0.335 e. The highest BCUT2D eigenvalue weighted by molar-refractivity contribution is 6.40. The summed E-state index contributed by atoms with van der Waals surface area (Å²) in [6, 6.07) is 12.4. The second-order valence-electron chi connectivity index (χ2n) is 5.32. The molecule has 0 spiro atoms. The number of benzene rings is 2. The zero-order valence-corrected chi connectivity index (χ0v) is 15.1. The summed E-state index contributed by atoms with van der Waals surface area (Å²) in [4.78, 5) is 31.5. The molecule has 0 saturated heterocycles. The highest BCUT2D eigenvalue weighted by Crippen LogP contribution is 2.25. The average Bonchev–Trinajstić information content (AvgIpc) is 2.62. The summed E-state index contributed by atoms with van der Waals surface area (Å²) in [7, 11) is 0. The van der Waals surface area contributed by atoms with E-state index in [1.807, 2.05) is 0 Å². The third-order valence-corrected chi connectivity index (χ3v) is 4.10. The minimum Gasteiger partial charge on any atom is -0.478 e. The van der Waals surface area contributed by atoms with E-state index in [2.05, 4.69) is 20.6 Å². The van der Waals surface area contributed by atoms with Gasteiger partial charge in [-0.15, -0.1) is 0 Å². The second-order valence-corrected chi connectivity index (χ2v) is 6.14. The molecule has 3 aromatic rings. The Morgan fingerprint density at radius 1 is 0.963 bits per heavy atom. The van der Waals surface area contributed by atoms with Crippen molar-refractivity contribution in [2.75, 3.05) is 10.6 Å². The van der Waals surface area contributed by atoms with Gasteiger partial charge < -0.3 is 15.7 Å². The molecule has 3 N–H and O–H groups in total. The fourth-order valence-electron chi connectivity index (χ4n) is 2.21. The Kier molecular flexibility index (Phi) is 5.54. The fraction of sp³-hybridized carbons (Fsp3) is 0. The summed E-state index contributed by atoms with van der Waals surface area (Å²) in [5, 5.41) is 14.9. The normalized spacial score (nSPS) is 10.3. The van der Waals surface area contributed by atoms with E-state index in [1.54, 1.807) is 30.3 Å². The van der Waals surface area contributed by atoms with Crippen LogP contribution in [0.2, 0.25) is 10.0 Å². The van der Waals surface area contributed by atoms with Gasteiger partial charge in [0.25, 0.3) is 5.91 Å². The lowest BCUT2D eigenvalue weighted by Crippen LogP contribution is -2.14. The molecular weight excluding hydrogens is 391 g/mol. The molecule has 0 atom stereocenters. The Morgan fingerprint density at radius 2 is 1.63 bits per heavy atom. The van der Waals surface area contributed by atoms with E-state index in [9.17, 15) is 9.59 Å². The first-order chi connectivity index (χ1) is 12.9. The van der Waals surface area contributed by atoms with Crippen LogP contribution < -0.4 is 10.6 Å². The van der Waals surface area contributed by atoms with Gasteiger partial charge in [-0.05, 0) is 42.5 Å². The monoisotopic (exact) mass is 402 g/mol. The number of hydrogen-bond acceptors (Lipinski definition) is 5. The maximum atomic E-state index is 12.4. The van der Waals surface area contributed by atoms with Crippen molar-refractivity contribution in [2.24, 2.45) is 0 Å². The van der Waals surface area contributed by atoms with Gasteiger partial charge in [0.1, 0.15) is 5.82 Å². The number of aromatic carboxylic acids is 1. The SMILES string of the molecule is O=C(O)c1ccc(Nc2nccc(NC(=O)c3c(Cl)cccc3Cl)n2)cc1. The van der Waals surface area contributed by atoms with Crippen molar-refractivity contribution in [1.29, 1.82) is 0 Å². The van der Waals surface area contributed by atoms with Crippen LogP contribution in [0.3, 0.4) is 0 Å². The van der Waals surface area contributed by atoms with Gasteiger partial charge in [-0.3, -0.25) is 4.79 Å². The van der Waals surface area contributed by atoms with E-state index < -0.39 is 11.9 Å². The number of hydrogen-bond donors (Lipinski definition) is 3. The Balaban J connectivity index is 1.75. The lowest BCUT2D eigenvalue weighted by molar-refractivity contribution is 0.0696. The fourth-order valence-corrected chi connectivity index (χ4v) is 2.78. The first-order valence-electron chi connectivity index (χ1n) is 7.63. The molecule has 0 fully saturated rings. The van der Waals surface area contributed by atoms with Crippen LogP contribution in [0.25, 0.3) is 0 Å². The number of aromatic nitrogens is 2. The zero-order chi connectivity index (χ0) is 19.4. The van der Waals surface area contributed by atoms with E-state index in [0.29, 0.717) is 5.69 Å². The van der Waals surface area contributed by atoms with Crippen molar-refractivity contribution in [1.82, 2.24) is 9.97 Å². The molecule has 1 heterocycles. The van der Waals surface area contributed by atoms with Gasteiger partial charge in [-0.1, -0.05) is 29.3 Å². The van der Waals surface area contributed by atoms with E-state index in [0.717, 1.165) is 0 Å². The number of amides is 1. The third kappa shape index (κ3) is 4.52. The number of anilines is 3. The summed E-state index contributed by atoms with van der Waals surface area (Å²) >= 11 is 12.1. The molecular formula is C18H12Cl2N4O3. The highest BCUT2D eigenvalue weighted by atomic mass is 35.5. The Labute approximate surface area is 164 Å². The smallest absolute Gasteiger partial charge is 0.335 e. The average molecular weight is 403 g/mol. The topological polar surface area (TPSA) is 104 Å². The largest absolute Gasteiger partial charge is 0.478 e. The van der Waals surface area contributed by atoms with Crippen LogP contribution in [0.4, 0.5) is 17.5 Å². The molecule has 136 valence electrons. The van der Waals surface area contributed by atoms with Crippen LogP contribution in [-0.4, -0.2) is 27.0 Å². The third-order valence-electron chi connectivity index (χ3n) is 3.47. The van der Waals surface area contributed by atoms with Crippen molar-refractivity contribution in [2.45, 2.75) is 0 Å². The predicted octanol–water partition coefficient (Wildman–Crippen LogP) is 4.48. The maximum absolute atomic E-state index is 12.4.